The largest absolute Gasteiger partial charge is 0.342 e. The van der Waals surface area contributed by atoms with Gasteiger partial charge in [0, 0.05) is 18.8 Å². The van der Waals surface area contributed by atoms with Crippen LogP contribution in [0.3, 0.4) is 0 Å². The van der Waals surface area contributed by atoms with Crippen LogP contribution < -0.4 is 5.32 Å². The summed E-state index contributed by atoms with van der Waals surface area (Å²) < 4.78 is 0. The van der Waals surface area contributed by atoms with Gasteiger partial charge in [-0.05, 0) is 38.1 Å². The van der Waals surface area contributed by atoms with E-state index in [0.717, 1.165) is 25.9 Å². The molecule has 0 spiro atoms. The molecule has 2 amide bonds. The summed E-state index contributed by atoms with van der Waals surface area (Å²) in [6, 6.07) is 4.90. The first-order valence-electron chi connectivity index (χ1n) is 7.17. The molecule has 120 valence electrons. The Balaban J connectivity index is 1.80. The van der Waals surface area contributed by atoms with Crippen molar-refractivity contribution in [3.63, 3.8) is 0 Å². The minimum Gasteiger partial charge on any atom is -0.342 e. The van der Waals surface area contributed by atoms with Gasteiger partial charge < -0.3 is 10.2 Å². The van der Waals surface area contributed by atoms with Gasteiger partial charge in [0.25, 0.3) is 0 Å². The average molecular weight is 344 g/mol. The third kappa shape index (κ3) is 4.87. The molecule has 0 saturated carbocycles. The quantitative estimate of drug-likeness (QED) is 0.893. The number of carbonyl (C=O) groups excluding carboxylic acids is 2. The molecule has 0 aliphatic carbocycles. The molecule has 1 aromatic carbocycles. The van der Waals surface area contributed by atoms with Gasteiger partial charge in [-0.15, -0.1) is 0 Å². The molecule has 22 heavy (non-hydrogen) atoms. The zero-order chi connectivity index (χ0) is 16.1. The van der Waals surface area contributed by atoms with Crippen LogP contribution in [0.5, 0.6) is 0 Å². The van der Waals surface area contributed by atoms with Crippen molar-refractivity contribution in [2.45, 2.75) is 12.8 Å². The maximum absolute atomic E-state index is 12.0. The smallest absolute Gasteiger partial charge is 0.238 e. The molecule has 1 fully saturated rings. The molecular formula is C15H19Cl2N3O2. The molecule has 0 aromatic heterocycles. The third-order valence-electron chi connectivity index (χ3n) is 3.48. The first-order valence-corrected chi connectivity index (χ1v) is 7.92. The zero-order valence-corrected chi connectivity index (χ0v) is 14.0. The maximum atomic E-state index is 12.0. The number of rotatable bonds is 5. The van der Waals surface area contributed by atoms with Crippen molar-refractivity contribution >= 4 is 40.7 Å². The molecule has 0 bridgehead atoms. The van der Waals surface area contributed by atoms with Crippen LogP contribution >= 0.6 is 23.2 Å². The Morgan fingerprint density at radius 1 is 1.18 bits per heavy atom. The Bertz CT molecular complexity index is 560. The maximum Gasteiger partial charge on any atom is 0.238 e. The molecule has 1 aliphatic rings. The highest BCUT2D eigenvalue weighted by Gasteiger charge is 2.19. The van der Waals surface area contributed by atoms with Crippen molar-refractivity contribution in [3.05, 3.63) is 28.2 Å². The van der Waals surface area contributed by atoms with Gasteiger partial charge in [-0.2, -0.15) is 0 Å². The normalized spacial score (nSPS) is 14.5. The number of hydrogen-bond donors (Lipinski definition) is 1. The number of likely N-dealkylation sites (N-methyl/N-ethyl adjacent to an activating group) is 1. The second-order valence-corrected chi connectivity index (χ2v) is 6.25. The molecule has 0 atom stereocenters. The number of nitrogens with zero attached hydrogens (tertiary/aromatic N) is 2. The van der Waals surface area contributed by atoms with E-state index in [1.807, 2.05) is 4.90 Å². The van der Waals surface area contributed by atoms with Crippen molar-refractivity contribution in [1.29, 1.82) is 0 Å². The second kappa shape index (κ2) is 7.81. The number of carbonyl (C=O) groups is 2. The Morgan fingerprint density at radius 3 is 2.50 bits per heavy atom. The second-order valence-electron chi connectivity index (χ2n) is 5.44. The topological polar surface area (TPSA) is 52.7 Å². The van der Waals surface area contributed by atoms with Gasteiger partial charge in [-0.25, -0.2) is 0 Å². The molecule has 1 heterocycles. The first kappa shape index (κ1) is 17.1. The Labute approximate surface area is 140 Å². The van der Waals surface area contributed by atoms with E-state index in [4.69, 9.17) is 23.2 Å². The van der Waals surface area contributed by atoms with E-state index in [1.165, 1.54) is 0 Å². The highest BCUT2D eigenvalue weighted by Crippen LogP contribution is 2.24. The van der Waals surface area contributed by atoms with Gasteiger partial charge in [0.15, 0.2) is 0 Å². The van der Waals surface area contributed by atoms with E-state index in [0.29, 0.717) is 15.7 Å². The van der Waals surface area contributed by atoms with Gasteiger partial charge in [0.05, 0.1) is 23.1 Å². The summed E-state index contributed by atoms with van der Waals surface area (Å²) in [7, 11) is 1.75. The lowest BCUT2D eigenvalue weighted by Crippen LogP contribution is -2.40. The van der Waals surface area contributed by atoms with Crippen LogP contribution in [0.15, 0.2) is 18.2 Å². The van der Waals surface area contributed by atoms with Crippen molar-refractivity contribution in [1.82, 2.24) is 9.80 Å². The van der Waals surface area contributed by atoms with E-state index in [9.17, 15) is 9.59 Å². The molecule has 0 radical (unpaired) electrons. The van der Waals surface area contributed by atoms with Crippen LogP contribution in [0.2, 0.25) is 10.0 Å². The van der Waals surface area contributed by atoms with Crippen molar-refractivity contribution in [2.24, 2.45) is 0 Å². The lowest BCUT2D eigenvalue weighted by molar-refractivity contribution is -0.131. The number of amides is 2. The van der Waals surface area contributed by atoms with Gasteiger partial charge in [0.1, 0.15) is 0 Å². The van der Waals surface area contributed by atoms with E-state index in [-0.39, 0.29) is 24.9 Å². The van der Waals surface area contributed by atoms with E-state index < -0.39 is 0 Å². The lowest BCUT2D eigenvalue weighted by Gasteiger charge is -2.20. The Kier molecular flexibility index (Phi) is 6.06. The van der Waals surface area contributed by atoms with Gasteiger partial charge in [0.2, 0.25) is 11.8 Å². The highest BCUT2D eigenvalue weighted by molar-refractivity contribution is 6.42. The number of benzene rings is 1. The fourth-order valence-corrected chi connectivity index (χ4v) is 2.67. The zero-order valence-electron chi connectivity index (χ0n) is 12.4. The van der Waals surface area contributed by atoms with Crippen molar-refractivity contribution in [2.75, 3.05) is 38.5 Å². The number of nitrogens with one attached hydrogen (secondary N) is 1. The summed E-state index contributed by atoms with van der Waals surface area (Å²) >= 11 is 11.7. The van der Waals surface area contributed by atoms with Gasteiger partial charge in [-0.1, -0.05) is 23.2 Å². The monoisotopic (exact) mass is 343 g/mol. The number of hydrogen-bond acceptors (Lipinski definition) is 3. The summed E-state index contributed by atoms with van der Waals surface area (Å²) in [6.45, 7) is 2.03. The first-order chi connectivity index (χ1) is 10.5. The highest BCUT2D eigenvalue weighted by atomic mass is 35.5. The minimum atomic E-state index is -0.199. The Morgan fingerprint density at radius 2 is 1.86 bits per heavy atom. The molecule has 2 rings (SSSR count). The predicted octanol–water partition coefficient (Wildman–Crippen LogP) is 2.49. The fraction of sp³-hybridized carbons (Fsp3) is 0.467. The fourth-order valence-electron chi connectivity index (χ4n) is 2.37. The van der Waals surface area contributed by atoms with Crippen molar-refractivity contribution < 1.29 is 9.59 Å². The number of anilines is 1. The summed E-state index contributed by atoms with van der Waals surface area (Å²) in [5.74, 6) is -0.127. The van der Waals surface area contributed by atoms with Gasteiger partial charge >= 0.3 is 0 Å². The summed E-state index contributed by atoms with van der Waals surface area (Å²) in [5.41, 5.74) is 0.582. The van der Waals surface area contributed by atoms with E-state index >= 15 is 0 Å². The predicted molar refractivity (Wildman–Crippen MR) is 88.4 cm³/mol. The van der Waals surface area contributed by atoms with E-state index in [1.54, 1.807) is 30.1 Å². The molecule has 5 nitrogen and oxygen atoms in total. The standard InChI is InChI=1S/C15H19Cl2N3O2/c1-19(10-15(22)20-6-2-3-7-20)9-14(21)18-11-4-5-12(16)13(17)8-11/h4-5,8H,2-3,6-7,9-10H2,1H3,(H,18,21). The summed E-state index contributed by atoms with van der Waals surface area (Å²) in [4.78, 5) is 27.5. The molecule has 7 heteroatoms. The third-order valence-corrected chi connectivity index (χ3v) is 4.22. The molecule has 1 saturated heterocycles. The van der Waals surface area contributed by atoms with Crippen LogP contribution in [0.1, 0.15) is 12.8 Å². The van der Waals surface area contributed by atoms with Crippen LogP contribution in [-0.4, -0.2) is 54.8 Å². The molecule has 0 unspecified atom stereocenters. The van der Waals surface area contributed by atoms with Crippen LogP contribution in [0, 0.1) is 0 Å². The lowest BCUT2D eigenvalue weighted by atomic mass is 10.3. The summed E-state index contributed by atoms with van der Waals surface area (Å²) in [5, 5.41) is 3.56. The van der Waals surface area contributed by atoms with Crippen LogP contribution in [-0.2, 0) is 9.59 Å². The van der Waals surface area contributed by atoms with E-state index in [2.05, 4.69) is 5.32 Å². The molecule has 1 aliphatic heterocycles. The number of halogens is 2. The minimum absolute atomic E-state index is 0.0716. The van der Waals surface area contributed by atoms with Crippen LogP contribution in [0.25, 0.3) is 0 Å². The molecule has 1 aromatic rings. The SMILES string of the molecule is CN(CC(=O)Nc1ccc(Cl)c(Cl)c1)CC(=O)N1CCCC1. The molecular weight excluding hydrogens is 325 g/mol. The number of likely N-dealkylation sites (tertiary alicyclic amines) is 1. The van der Waals surface area contributed by atoms with Crippen molar-refractivity contribution in [3.8, 4) is 0 Å². The van der Waals surface area contributed by atoms with Gasteiger partial charge in [-0.3, -0.25) is 14.5 Å². The van der Waals surface area contributed by atoms with Crippen LogP contribution in [0.4, 0.5) is 5.69 Å². The average Bonchev–Trinajstić information content (AvgIpc) is 2.96. The summed E-state index contributed by atoms with van der Waals surface area (Å²) in [6.07, 6.45) is 2.13. The Hall–Kier alpha value is -1.30. The molecule has 1 N–H and O–H groups in total.